The van der Waals surface area contributed by atoms with Crippen molar-refractivity contribution in [1.82, 2.24) is 15.0 Å². The highest BCUT2D eigenvalue weighted by Crippen LogP contribution is 2.21. The monoisotopic (exact) mass is 295 g/mol. The molecule has 1 N–H and O–H groups in total. The summed E-state index contributed by atoms with van der Waals surface area (Å²) in [6.07, 6.45) is 1.31. The largest absolute Gasteiger partial charge is 0.495 e. The highest BCUT2D eigenvalue weighted by molar-refractivity contribution is 7.85. The highest BCUT2D eigenvalue weighted by atomic mass is 32.2. The Hall–Kier alpha value is -2.22. The van der Waals surface area contributed by atoms with Crippen molar-refractivity contribution in [2.24, 2.45) is 0 Å². The van der Waals surface area contributed by atoms with Crippen molar-refractivity contribution in [3.05, 3.63) is 36.2 Å². The quantitative estimate of drug-likeness (QED) is 0.846. The first-order valence-corrected chi connectivity index (χ1v) is 7.08. The number of aromatic carboxylic acids is 1. The van der Waals surface area contributed by atoms with Crippen LogP contribution in [0, 0.1) is 0 Å². The van der Waals surface area contributed by atoms with Gasteiger partial charge >= 0.3 is 5.97 Å². The van der Waals surface area contributed by atoms with Crippen molar-refractivity contribution in [3.63, 3.8) is 0 Å². The van der Waals surface area contributed by atoms with Crippen LogP contribution in [0.1, 0.15) is 10.5 Å². The topological polar surface area (TPSA) is 94.3 Å². The predicted molar refractivity (Wildman–Crippen MR) is 71.3 cm³/mol. The third-order valence-corrected chi connectivity index (χ3v) is 3.96. The maximum atomic E-state index is 12.2. The lowest BCUT2D eigenvalue weighted by atomic mass is 10.3. The molecule has 2 rings (SSSR count). The number of ether oxygens (including phenoxy) is 1. The molecule has 0 amide bonds. The molecule has 0 fully saturated rings. The van der Waals surface area contributed by atoms with Crippen LogP contribution in [0.3, 0.4) is 0 Å². The molecule has 0 aliphatic heterocycles. The molecule has 0 aliphatic rings. The van der Waals surface area contributed by atoms with Gasteiger partial charge in [-0.05, 0) is 12.1 Å². The number of aryl methyl sites for hydroxylation is 1. The van der Waals surface area contributed by atoms with Crippen LogP contribution in [-0.2, 0) is 17.3 Å². The van der Waals surface area contributed by atoms with E-state index in [1.54, 1.807) is 24.3 Å². The summed E-state index contributed by atoms with van der Waals surface area (Å²) in [5.41, 5.74) is -0.131. The molecule has 1 heterocycles. The molecule has 20 heavy (non-hydrogen) atoms. The van der Waals surface area contributed by atoms with Crippen LogP contribution in [0.15, 0.2) is 35.4 Å². The van der Waals surface area contributed by atoms with Gasteiger partial charge in [-0.1, -0.05) is 17.3 Å². The van der Waals surface area contributed by atoms with Gasteiger partial charge in [0.1, 0.15) is 5.75 Å². The SMILES string of the molecule is COc1ccccc1S(=O)CCn1cc(C(=O)O)nn1. The summed E-state index contributed by atoms with van der Waals surface area (Å²) in [5.74, 6) is -0.277. The summed E-state index contributed by atoms with van der Waals surface area (Å²) < 4.78 is 18.7. The Morgan fingerprint density at radius 2 is 2.20 bits per heavy atom. The molecule has 1 aromatic carbocycles. The average molecular weight is 295 g/mol. The first kappa shape index (κ1) is 14.2. The zero-order valence-corrected chi connectivity index (χ0v) is 11.5. The summed E-state index contributed by atoms with van der Waals surface area (Å²) in [6.45, 7) is 0.310. The van der Waals surface area contributed by atoms with E-state index in [9.17, 15) is 9.00 Å². The molecular weight excluding hydrogens is 282 g/mol. The number of aromatic nitrogens is 3. The lowest BCUT2D eigenvalue weighted by Gasteiger charge is -2.07. The van der Waals surface area contributed by atoms with Crippen molar-refractivity contribution >= 4 is 16.8 Å². The summed E-state index contributed by atoms with van der Waals surface area (Å²) in [6, 6.07) is 7.06. The Kier molecular flexibility index (Phi) is 4.46. The van der Waals surface area contributed by atoms with E-state index < -0.39 is 16.8 Å². The summed E-state index contributed by atoms with van der Waals surface area (Å²) in [4.78, 5) is 11.3. The van der Waals surface area contributed by atoms with Gasteiger partial charge in [0.05, 0.1) is 35.5 Å². The van der Waals surface area contributed by atoms with Crippen molar-refractivity contribution in [2.75, 3.05) is 12.9 Å². The van der Waals surface area contributed by atoms with E-state index >= 15 is 0 Å². The highest BCUT2D eigenvalue weighted by Gasteiger charge is 2.12. The molecule has 8 heteroatoms. The number of para-hydroxylation sites is 1. The Morgan fingerprint density at radius 1 is 1.45 bits per heavy atom. The van der Waals surface area contributed by atoms with E-state index in [0.717, 1.165) is 0 Å². The fourth-order valence-corrected chi connectivity index (χ4v) is 2.78. The smallest absolute Gasteiger partial charge is 0.358 e. The number of hydrogen-bond donors (Lipinski definition) is 1. The van der Waals surface area contributed by atoms with E-state index in [1.165, 1.54) is 18.0 Å². The van der Waals surface area contributed by atoms with Gasteiger partial charge in [-0.15, -0.1) is 5.10 Å². The summed E-state index contributed by atoms with van der Waals surface area (Å²) in [7, 11) is 0.263. The van der Waals surface area contributed by atoms with Gasteiger partial charge in [0.2, 0.25) is 0 Å². The molecule has 0 radical (unpaired) electrons. The Morgan fingerprint density at radius 3 is 2.85 bits per heavy atom. The fourth-order valence-electron chi connectivity index (χ4n) is 1.60. The van der Waals surface area contributed by atoms with Gasteiger partial charge in [0, 0.05) is 5.75 Å². The third-order valence-electron chi connectivity index (χ3n) is 2.58. The lowest BCUT2D eigenvalue weighted by Crippen LogP contribution is -2.09. The maximum absolute atomic E-state index is 12.2. The van der Waals surface area contributed by atoms with Gasteiger partial charge < -0.3 is 9.84 Å². The predicted octanol–water partition coefficient (Wildman–Crippen LogP) is 0.793. The number of carbonyl (C=O) groups is 1. The fraction of sp³-hybridized carbons (Fsp3) is 0.250. The number of carboxylic acid groups (broad SMARTS) is 1. The number of nitrogens with zero attached hydrogens (tertiary/aromatic N) is 3. The first-order valence-electron chi connectivity index (χ1n) is 5.76. The van der Waals surface area contributed by atoms with Gasteiger partial charge in [-0.3, -0.25) is 8.89 Å². The van der Waals surface area contributed by atoms with Crippen LogP contribution >= 0.6 is 0 Å². The van der Waals surface area contributed by atoms with Crippen molar-refractivity contribution in [3.8, 4) is 5.75 Å². The van der Waals surface area contributed by atoms with Crippen LogP contribution in [-0.4, -0.2) is 43.1 Å². The minimum Gasteiger partial charge on any atom is -0.495 e. The standard InChI is InChI=1S/C12H13N3O4S/c1-19-10-4-2-3-5-11(10)20(18)7-6-15-8-9(12(16)17)13-14-15/h2-5,8H,6-7H2,1H3,(H,16,17). The van der Waals surface area contributed by atoms with Crippen LogP contribution in [0.5, 0.6) is 5.75 Å². The molecule has 0 spiro atoms. The van der Waals surface area contributed by atoms with E-state index in [-0.39, 0.29) is 5.69 Å². The number of benzene rings is 1. The minimum atomic E-state index is -1.26. The molecule has 2 aromatic rings. The van der Waals surface area contributed by atoms with Crippen LogP contribution in [0.25, 0.3) is 0 Å². The van der Waals surface area contributed by atoms with Gasteiger partial charge in [-0.2, -0.15) is 0 Å². The molecule has 0 bridgehead atoms. The lowest BCUT2D eigenvalue weighted by molar-refractivity contribution is 0.0690. The van der Waals surface area contributed by atoms with E-state index in [2.05, 4.69) is 10.3 Å². The number of methoxy groups -OCH3 is 1. The minimum absolute atomic E-state index is 0.131. The Labute approximate surface area is 117 Å². The zero-order chi connectivity index (χ0) is 14.5. The number of rotatable bonds is 6. The van der Waals surface area contributed by atoms with Crippen molar-refractivity contribution in [2.45, 2.75) is 11.4 Å². The van der Waals surface area contributed by atoms with Crippen LogP contribution < -0.4 is 4.74 Å². The van der Waals surface area contributed by atoms with E-state index in [1.807, 2.05) is 0 Å². The second-order valence-corrected chi connectivity index (χ2v) is 5.41. The number of carboxylic acids is 1. The molecule has 0 saturated heterocycles. The Balaban J connectivity index is 2.03. The molecule has 1 unspecified atom stereocenters. The van der Waals surface area contributed by atoms with Crippen molar-refractivity contribution in [1.29, 1.82) is 0 Å². The number of hydrogen-bond acceptors (Lipinski definition) is 5. The molecule has 0 saturated carbocycles. The van der Waals surface area contributed by atoms with Gasteiger partial charge in [-0.25, -0.2) is 4.79 Å². The average Bonchev–Trinajstić information content (AvgIpc) is 2.94. The zero-order valence-electron chi connectivity index (χ0n) is 10.7. The van der Waals surface area contributed by atoms with E-state index in [4.69, 9.17) is 9.84 Å². The molecule has 0 aliphatic carbocycles. The van der Waals surface area contributed by atoms with Crippen LogP contribution in [0.4, 0.5) is 0 Å². The second kappa shape index (κ2) is 6.29. The normalized spacial score (nSPS) is 12.1. The molecular formula is C12H13N3O4S. The second-order valence-electron chi connectivity index (χ2n) is 3.87. The molecule has 1 atom stereocenters. The third kappa shape index (κ3) is 3.21. The Bertz CT molecular complexity index is 641. The first-order chi connectivity index (χ1) is 9.61. The maximum Gasteiger partial charge on any atom is 0.358 e. The van der Waals surface area contributed by atoms with Gasteiger partial charge in [0.15, 0.2) is 5.69 Å². The summed E-state index contributed by atoms with van der Waals surface area (Å²) >= 11 is 0. The molecule has 106 valence electrons. The van der Waals surface area contributed by atoms with E-state index in [0.29, 0.717) is 22.9 Å². The van der Waals surface area contributed by atoms with Gasteiger partial charge in [0.25, 0.3) is 0 Å². The molecule has 1 aromatic heterocycles. The van der Waals surface area contributed by atoms with Crippen LogP contribution in [0.2, 0.25) is 0 Å². The summed E-state index contributed by atoms with van der Waals surface area (Å²) in [5, 5.41) is 15.9. The molecule has 7 nitrogen and oxygen atoms in total. The van der Waals surface area contributed by atoms with Crippen molar-refractivity contribution < 1.29 is 18.8 Å².